The Morgan fingerprint density at radius 3 is 1.86 bits per heavy atom. The molecular formula is C31H38N2O2. The lowest BCUT2D eigenvalue weighted by Crippen LogP contribution is -2.51. The first-order valence-corrected chi connectivity index (χ1v) is 12.6. The zero-order valence-corrected chi connectivity index (χ0v) is 21.4. The molecule has 2 amide bonds. The average Bonchev–Trinajstić information content (AvgIpc) is 2.85. The average molecular weight is 471 g/mol. The van der Waals surface area contributed by atoms with E-state index in [0.29, 0.717) is 31.7 Å². The van der Waals surface area contributed by atoms with Crippen LogP contribution in [0.4, 0.5) is 0 Å². The van der Waals surface area contributed by atoms with Crippen LogP contribution in [0.2, 0.25) is 0 Å². The van der Waals surface area contributed by atoms with Gasteiger partial charge in [0.25, 0.3) is 0 Å². The fourth-order valence-electron chi connectivity index (χ4n) is 4.18. The number of rotatable bonds is 11. The van der Waals surface area contributed by atoms with Crippen molar-refractivity contribution in [2.24, 2.45) is 0 Å². The number of carbonyl (C=O) groups excluding carboxylic acids is 2. The van der Waals surface area contributed by atoms with Gasteiger partial charge in [-0.05, 0) is 48.4 Å². The van der Waals surface area contributed by atoms with E-state index in [4.69, 9.17) is 0 Å². The Labute approximate surface area is 210 Å². The second-order valence-electron chi connectivity index (χ2n) is 9.77. The van der Waals surface area contributed by atoms with Crippen LogP contribution in [0, 0.1) is 0 Å². The van der Waals surface area contributed by atoms with Crippen LogP contribution in [-0.2, 0) is 29.0 Å². The predicted molar refractivity (Wildman–Crippen MR) is 143 cm³/mol. The molecule has 0 aliphatic rings. The molecule has 0 aromatic heterocycles. The molecule has 3 aromatic carbocycles. The summed E-state index contributed by atoms with van der Waals surface area (Å²) in [5.41, 5.74) is 4.47. The maximum absolute atomic E-state index is 13.7. The first-order valence-electron chi connectivity index (χ1n) is 12.6. The summed E-state index contributed by atoms with van der Waals surface area (Å²) in [5, 5.41) is 3.04. The Balaban J connectivity index is 1.85. The predicted octanol–water partition coefficient (Wildman–Crippen LogP) is 5.91. The van der Waals surface area contributed by atoms with Gasteiger partial charge in [-0.3, -0.25) is 9.59 Å². The van der Waals surface area contributed by atoms with E-state index in [1.807, 2.05) is 74.5 Å². The summed E-state index contributed by atoms with van der Waals surface area (Å²) in [4.78, 5) is 28.8. The lowest BCUT2D eigenvalue weighted by atomic mass is 9.99. The highest BCUT2D eigenvalue weighted by molar-refractivity contribution is 5.88. The highest BCUT2D eigenvalue weighted by Crippen LogP contribution is 2.19. The van der Waals surface area contributed by atoms with Crippen LogP contribution < -0.4 is 5.32 Å². The minimum atomic E-state index is -0.587. The summed E-state index contributed by atoms with van der Waals surface area (Å²) in [7, 11) is 0. The van der Waals surface area contributed by atoms with E-state index < -0.39 is 6.04 Å². The maximum atomic E-state index is 13.7. The van der Waals surface area contributed by atoms with Crippen molar-refractivity contribution in [2.45, 2.75) is 71.5 Å². The van der Waals surface area contributed by atoms with E-state index in [2.05, 4.69) is 43.4 Å². The van der Waals surface area contributed by atoms with Crippen molar-refractivity contribution in [3.63, 3.8) is 0 Å². The van der Waals surface area contributed by atoms with E-state index in [1.54, 1.807) is 4.90 Å². The van der Waals surface area contributed by atoms with Gasteiger partial charge in [0, 0.05) is 25.4 Å². The van der Waals surface area contributed by atoms with Gasteiger partial charge in [-0.15, -0.1) is 0 Å². The molecule has 35 heavy (non-hydrogen) atoms. The van der Waals surface area contributed by atoms with E-state index in [1.165, 1.54) is 5.56 Å². The summed E-state index contributed by atoms with van der Waals surface area (Å²) < 4.78 is 0. The molecule has 4 heteroatoms. The van der Waals surface area contributed by atoms with Crippen molar-refractivity contribution in [1.82, 2.24) is 10.2 Å². The van der Waals surface area contributed by atoms with Gasteiger partial charge in [-0.25, -0.2) is 0 Å². The molecule has 0 bridgehead atoms. The Kier molecular flexibility index (Phi) is 9.66. The summed E-state index contributed by atoms with van der Waals surface area (Å²) >= 11 is 0. The van der Waals surface area contributed by atoms with Crippen molar-refractivity contribution in [3.8, 4) is 0 Å². The van der Waals surface area contributed by atoms with Crippen molar-refractivity contribution < 1.29 is 9.59 Å². The standard InChI is InChI=1S/C31H38N2O2/c1-23(2)28-18-15-25(16-19-28)17-20-30(34)33(22-27-13-9-6-10-14-27)29(31(35)32-24(3)4)21-26-11-7-5-8-12-26/h5-16,18-19,23-24,29H,17,20-22H2,1-4H3,(H,32,35)/t29-/m0/s1. The molecule has 3 aromatic rings. The van der Waals surface area contributed by atoms with Gasteiger partial charge < -0.3 is 10.2 Å². The zero-order valence-electron chi connectivity index (χ0n) is 21.4. The lowest BCUT2D eigenvalue weighted by molar-refractivity contribution is -0.141. The number of nitrogens with one attached hydrogen (secondary N) is 1. The summed E-state index contributed by atoms with van der Waals surface area (Å²) in [6.07, 6.45) is 1.47. The molecular weight excluding hydrogens is 432 g/mol. The smallest absolute Gasteiger partial charge is 0.243 e. The molecule has 4 nitrogen and oxygen atoms in total. The van der Waals surface area contributed by atoms with Crippen LogP contribution in [0.25, 0.3) is 0 Å². The topological polar surface area (TPSA) is 49.4 Å². The summed E-state index contributed by atoms with van der Waals surface area (Å²) in [5.74, 6) is 0.348. The van der Waals surface area contributed by atoms with Gasteiger partial charge in [0.2, 0.25) is 11.8 Å². The van der Waals surface area contributed by atoms with E-state index >= 15 is 0 Å². The Morgan fingerprint density at radius 1 is 0.743 bits per heavy atom. The third kappa shape index (κ3) is 8.10. The number of amides is 2. The maximum Gasteiger partial charge on any atom is 0.243 e. The van der Waals surface area contributed by atoms with Crippen LogP contribution in [-0.4, -0.2) is 28.8 Å². The van der Waals surface area contributed by atoms with Crippen LogP contribution in [0.3, 0.4) is 0 Å². The highest BCUT2D eigenvalue weighted by atomic mass is 16.2. The van der Waals surface area contributed by atoms with Crippen molar-refractivity contribution >= 4 is 11.8 Å². The minimum absolute atomic E-state index is 0.00563. The first kappa shape index (κ1) is 26.2. The van der Waals surface area contributed by atoms with E-state index in [-0.39, 0.29) is 17.9 Å². The number of carbonyl (C=O) groups is 2. The normalized spacial score (nSPS) is 11.9. The van der Waals surface area contributed by atoms with Crippen molar-refractivity contribution in [1.29, 1.82) is 0 Å². The Hall–Kier alpha value is -3.40. The van der Waals surface area contributed by atoms with Gasteiger partial charge in [0.05, 0.1) is 0 Å². The molecule has 0 aliphatic heterocycles. The summed E-state index contributed by atoms with van der Waals surface area (Å²) in [6, 6.07) is 27.7. The molecule has 1 atom stereocenters. The Morgan fingerprint density at radius 2 is 1.31 bits per heavy atom. The fourth-order valence-corrected chi connectivity index (χ4v) is 4.18. The molecule has 3 rings (SSSR count). The second-order valence-corrected chi connectivity index (χ2v) is 9.77. The van der Waals surface area contributed by atoms with Crippen molar-refractivity contribution in [2.75, 3.05) is 0 Å². The Bertz CT molecular complexity index is 1060. The van der Waals surface area contributed by atoms with Crippen LogP contribution in [0.5, 0.6) is 0 Å². The third-order valence-corrected chi connectivity index (χ3v) is 6.17. The molecule has 184 valence electrons. The number of aryl methyl sites for hydroxylation is 1. The highest BCUT2D eigenvalue weighted by Gasteiger charge is 2.30. The monoisotopic (exact) mass is 470 g/mol. The number of hydrogen-bond donors (Lipinski definition) is 1. The van der Waals surface area contributed by atoms with Crippen molar-refractivity contribution in [3.05, 3.63) is 107 Å². The van der Waals surface area contributed by atoms with Gasteiger partial charge in [0.15, 0.2) is 0 Å². The molecule has 1 N–H and O–H groups in total. The van der Waals surface area contributed by atoms with Gasteiger partial charge in [-0.1, -0.05) is 98.8 Å². The van der Waals surface area contributed by atoms with Crippen LogP contribution in [0.15, 0.2) is 84.9 Å². The molecule has 0 fully saturated rings. The molecule has 0 radical (unpaired) electrons. The number of hydrogen-bond acceptors (Lipinski definition) is 2. The van der Waals surface area contributed by atoms with Crippen LogP contribution in [0.1, 0.15) is 62.3 Å². The van der Waals surface area contributed by atoms with E-state index in [9.17, 15) is 9.59 Å². The van der Waals surface area contributed by atoms with Crippen LogP contribution >= 0.6 is 0 Å². The first-order chi connectivity index (χ1) is 16.8. The van der Waals surface area contributed by atoms with Gasteiger partial charge in [-0.2, -0.15) is 0 Å². The number of benzene rings is 3. The third-order valence-electron chi connectivity index (χ3n) is 6.17. The zero-order chi connectivity index (χ0) is 25.2. The SMILES string of the molecule is CC(C)NC(=O)[C@H](Cc1ccccc1)N(Cc1ccccc1)C(=O)CCc1ccc(C(C)C)cc1. The molecule has 0 saturated heterocycles. The molecule has 0 saturated carbocycles. The van der Waals surface area contributed by atoms with Gasteiger partial charge in [0.1, 0.15) is 6.04 Å². The molecule has 0 aliphatic carbocycles. The second kappa shape index (κ2) is 12.9. The lowest BCUT2D eigenvalue weighted by Gasteiger charge is -2.32. The van der Waals surface area contributed by atoms with Gasteiger partial charge >= 0.3 is 0 Å². The molecule has 0 spiro atoms. The minimum Gasteiger partial charge on any atom is -0.352 e. The summed E-state index contributed by atoms with van der Waals surface area (Å²) in [6.45, 7) is 8.64. The van der Waals surface area contributed by atoms with E-state index in [0.717, 1.165) is 16.7 Å². The molecule has 0 heterocycles. The largest absolute Gasteiger partial charge is 0.352 e. The number of nitrogens with zero attached hydrogens (tertiary/aromatic N) is 1. The molecule has 0 unspecified atom stereocenters. The fraction of sp³-hybridized carbons (Fsp3) is 0.355. The quantitative estimate of drug-likeness (QED) is 0.379.